The Labute approximate surface area is 163 Å². The highest BCUT2D eigenvalue weighted by atomic mass is 32.1. The molecule has 2 aliphatic heterocycles. The third-order valence-electron chi connectivity index (χ3n) is 6.29. The summed E-state index contributed by atoms with van der Waals surface area (Å²) in [7, 11) is 0. The quantitative estimate of drug-likeness (QED) is 0.832. The molecule has 2 amide bonds. The number of carbonyl (C=O) groups excluding carboxylic acids is 1. The first-order valence-corrected chi connectivity index (χ1v) is 10.5. The van der Waals surface area contributed by atoms with Gasteiger partial charge >= 0.3 is 6.03 Å². The van der Waals surface area contributed by atoms with E-state index < -0.39 is 0 Å². The molecular weight excluding hydrogens is 358 g/mol. The molecule has 3 N–H and O–H groups in total. The molecule has 3 heterocycles. The number of aromatic nitrogens is 1. The number of rotatable bonds is 5. The highest BCUT2D eigenvalue weighted by molar-refractivity contribution is 7.15. The number of anilines is 2. The van der Waals surface area contributed by atoms with E-state index >= 15 is 0 Å². The van der Waals surface area contributed by atoms with Crippen molar-refractivity contribution in [1.29, 1.82) is 0 Å². The number of benzene rings is 1. The van der Waals surface area contributed by atoms with Crippen LogP contribution in [0.4, 0.5) is 15.6 Å². The van der Waals surface area contributed by atoms with E-state index in [4.69, 9.17) is 5.73 Å². The Morgan fingerprint density at radius 2 is 2.11 bits per heavy atom. The SMILES string of the molecule is Cc1cnc(NCC2(c3ccc(N4C[C@@H]5[C@H](N)CCN5C4=O)cc3)CC2)s1. The summed E-state index contributed by atoms with van der Waals surface area (Å²) in [5, 5.41) is 4.49. The number of nitrogens with zero attached hydrogens (tertiary/aromatic N) is 3. The van der Waals surface area contributed by atoms with Crippen molar-refractivity contribution in [2.45, 2.75) is 43.7 Å². The fraction of sp³-hybridized carbons (Fsp3) is 0.500. The summed E-state index contributed by atoms with van der Waals surface area (Å²) in [5.41, 5.74) is 8.69. The van der Waals surface area contributed by atoms with Crippen LogP contribution in [0, 0.1) is 6.92 Å². The van der Waals surface area contributed by atoms with Crippen LogP contribution in [0.2, 0.25) is 0 Å². The molecule has 3 fully saturated rings. The van der Waals surface area contributed by atoms with Gasteiger partial charge in [-0.15, -0.1) is 11.3 Å². The van der Waals surface area contributed by atoms with Gasteiger partial charge in [-0.05, 0) is 43.9 Å². The van der Waals surface area contributed by atoms with Crippen molar-refractivity contribution >= 4 is 28.2 Å². The average molecular weight is 384 g/mol. The molecule has 142 valence electrons. The van der Waals surface area contributed by atoms with Gasteiger partial charge < -0.3 is 16.0 Å². The molecule has 0 unspecified atom stereocenters. The number of hydrogen-bond acceptors (Lipinski definition) is 5. The second kappa shape index (κ2) is 6.21. The smallest absolute Gasteiger partial charge is 0.324 e. The molecule has 0 spiro atoms. The van der Waals surface area contributed by atoms with Crippen molar-refractivity contribution in [1.82, 2.24) is 9.88 Å². The van der Waals surface area contributed by atoms with Crippen molar-refractivity contribution in [3.05, 3.63) is 40.9 Å². The van der Waals surface area contributed by atoms with E-state index in [0.717, 1.165) is 30.3 Å². The summed E-state index contributed by atoms with van der Waals surface area (Å²) in [4.78, 5) is 22.1. The predicted octanol–water partition coefficient (Wildman–Crippen LogP) is 2.94. The third-order valence-corrected chi connectivity index (χ3v) is 7.16. The summed E-state index contributed by atoms with van der Waals surface area (Å²) in [5.74, 6) is 0. The lowest BCUT2D eigenvalue weighted by atomic mass is 9.95. The van der Waals surface area contributed by atoms with Gasteiger partial charge in [-0.25, -0.2) is 9.78 Å². The van der Waals surface area contributed by atoms with Gasteiger partial charge in [0.1, 0.15) is 0 Å². The molecular formula is C20H25N5OS. The monoisotopic (exact) mass is 383 g/mol. The van der Waals surface area contributed by atoms with Crippen molar-refractivity contribution in [3.63, 3.8) is 0 Å². The second-order valence-corrected chi connectivity index (χ2v) is 9.30. The molecule has 27 heavy (non-hydrogen) atoms. The van der Waals surface area contributed by atoms with E-state index in [0.29, 0.717) is 6.54 Å². The normalized spacial score (nSPS) is 25.8. The number of urea groups is 1. The molecule has 5 rings (SSSR count). The standard InChI is InChI=1S/C20H25N5OS/c1-13-10-22-18(27-13)23-12-20(7-8-20)14-2-4-15(5-3-14)25-11-17-16(21)6-9-24(17)19(25)26/h2-5,10,16-17H,6-9,11-12,21H2,1H3,(H,22,23)/t16-,17-/m1/s1. The topological polar surface area (TPSA) is 74.5 Å². The minimum atomic E-state index is 0.0997. The highest BCUT2D eigenvalue weighted by Crippen LogP contribution is 2.48. The lowest BCUT2D eigenvalue weighted by Gasteiger charge is -2.20. The van der Waals surface area contributed by atoms with Crippen molar-refractivity contribution < 1.29 is 4.79 Å². The Balaban J connectivity index is 1.28. The Kier molecular flexibility index (Phi) is 3.91. The number of nitrogens with one attached hydrogen (secondary N) is 1. The molecule has 1 saturated carbocycles. The number of fused-ring (bicyclic) bond motifs is 1. The van der Waals surface area contributed by atoms with E-state index in [-0.39, 0.29) is 23.5 Å². The van der Waals surface area contributed by atoms with Gasteiger partial charge in [-0.1, -0.05) is 12.1 Å². The van der Waals surface area contributed by atoms with Crippen LogP contribution in [0.5, 0.6) is 0 Å². The fourth-order valence-electron chi connectivity index (χ4n) is 4.38. The van der Waals surface area contributed by atoms with Crippen LogP contribution in [-0.2, 0) is 5.41 Å². The Hall–Kier alpha value is -2.12. The molecule has 0 radical (unpaired) electrons. The lowest BCUT2D eigenvalue weighted by Crippen LogP contribution is -2.37. The summed E-state index contributed by atoms with van der Waals surface area (Å²) < 4.78 is 0. The van der Waals surface area contributed by atoms with Gasteiger partial charge in [-0.3, -0.25) is 4.90 Å². The maximum absolute atomic E-state index is 12.7. The molecule has 1 aromatic carbocycles. The minimum absolute atomic E-state index is 0.0997. The second-order valence-electron chi connectivity index (χ2n) is 8.06. The molecule has 6 nitrogen and oxygen atoms in total. The number of carbonyl (C=O) groups is 1. The fourth-order valence-corrected chi connectivity index (χ4v) is 5.04. The number of nitrogens with two attached hydrogens (primary N) is 1. The largest absolute Gasteiger partial charge is 0.361 e. The summed E-state index contributed by atoms with van der Waals surface area (Å²) in [6.45, 7) is 4.47. The molecule has 3 aliphatic rings. The third kappa shape index (κ3) is 2.89. The Bertz CT molecular complexity index is 860. The summed E-state index contributed by atoms with van der Waals surface area (Å²) in [6.07, 6.45) is 5.21. The Morgan fingerprint density at radius 3 is 2.74 bits per heavy atom. The number of hydrogen-bond donors (Lipinski definition) is 2. The van der Waals surface area contributed by atoms with Gasteiger partial charge in [0, 0.05) is 47.9 Å². The average Bonchev–Trinajstić information content (AvgIpc) is 3.03. The molecule has 1 aliphatic carbocycles. The highest BCUT2D eigenvalue weighted by Gasteiger charge is 2.46. The molecule has 0 bridgehead atoms. The maximum atomic E-state index is 12.7. The van der Waals surface area contributed by atoms with Gasteiger partial charge in [0.2, 0.25) is 0 Å². The number of aryl methyl sites for hydroxylation is 1. The molecule has 1 aromatic heterocycles. The first-order valence-electron chi connectivity index (χ1n) is 9.66. The van der Waals surface area contributed by atoms with Gasteiger partial charge in [-0.2, -0.15) is 0 Å². The maximum Gasteiger partial charge on any atom is 0.324 e. The molecule has 2 saturated heterocycles. The van der Waals surface area contributed by atoms with Crippen LogP contribution in [-0.4, -0.2) is 47.6 Å². The van der Waals surface area contributed by atoms with Crippen LogP contribution in [0.1, 0.15) is 29.7 Å². The molecule has 2 atom stereocenters. The van der Waals surface area contributed by atoms with E-state index in [2.05, 4.69) is 41.5 Å². The molecule has 2 aromatic rings. The Morgan fingerprint density at radius 1 is 1.33 bits per heavy atom. The van der Waals surface area contributed by atoms with Crippen LogP contribution in [0.15, 0.2) is 30.5 Å². The minimum Gasteiger partial charge on any atom is -0.361 e. The first kappa shape index (κ1) is 17.0. The number of thiazole rings is 1. The van der Waals surface area contributed by atoms with E-state index in [1.54, 1.807) is 11.3 Å². The van der Waals surface area contributed by atoms with Crippen molar-refractivity contribution in [2.24, 2.45) is 5.73 Å². The van der Waals surface area contributed by atoms with Crippen molar-refractivity contribution in [2.75, 3.05) is 29.9 Å². The van der Waals surface area contributed by atoms with Crippen LogP contribution in [0.25, 0.3) is 0 Å². The van der Waals surface area contributed by atoms with Crippen LogP contribution in [0.3, 0.4) is 0 Å². The van der Waals surface area contributed by atoms with Gasteiger partial charge in [0.05, 0.1) is 6.04 Å². The summed E-state index contributed by atoms with van der Waals surface area (Å²) in [6, 6.07) is 8.93. The van der Waals surface area contributed by atoms with E-state index in [9.17, 15) is 4.79 Å². The zero-order valence-electron chi connectivity index (χ0n) is 15.5. The van der Waals surface area contributed by atoms with Crippen LogP contribution >= 0.6 is 11.3 Å². The lowest BCUT2D eigenvalue weighted by molar-refractivity contribution is 0.218. The summed E-state index contributed by atoms with van der Waals surface area (Å²) >= 11 is 1.70. The van der Waals surface area contributed by atoms with Crippen LogP contribution < -0.4 is 16.0 Å². The van der Waals surface area contributed by atoms with Gasteiger partial charge in [0.25, 0.3) is 0 Å². The predicted molar refractivity (Wildman–Crippen MR) is 109 cm³/mol. The van der Waals surface area contributed by atoms with Crippen molar-refractivity contribution in [3.8, 4) is 0 Å². The number of amides is 2. The van der Waals surface area contributed by atoms with E-state index in [1.807, 2.05) is 16.0 Å². The van der Waals surface area contributed by atoms with Gasteiger partial charge in [0.15, 0.2) is 5.13 Å². The first-order chi connectivity index (χ1) is 13.1. The molecule has 7 heteroatoms. The zero-order valence-corrected chi connectivity index (χ0v) is 16.3. The van der Waals surface area contributed by atoms with E-state index in [1.165, 1.54) is 23.3 Å². The zero-order chi connectivity index (χ0) is 18.6.